The quantitative estimate of drug-likeness (QED) is 0.681. The van der Waals surface area contributed by atoms with Gasteiger partial charge in [0.1, 0.15) is 0 Å². The molecule has 1 rings (SSSR count). The van der Waals surface area contributed by atoms with Crippen molar-refractivity contribution in [2.75, 3.05) is 0 Å². The van der Waals surface area contributed by atoms with Crippen LogP contribution >= 0.6 is 0 Å². The van der Waals surface area contributed by atoms with Gasteiger partial charge in [-0.25, -0.2) is 0 Å². The van der Waals surface area contributed by atoms with Crippen molar-refractivity contribution < 1.29 is 4.79 Å². The Morgan fingerprint density at radius 2 is 2.29 bits per heavy atom. The summed E-state index contributed by atoms with van der Waals surface area (Å²) in [6, 6.07) is 5.73. The molecule has 0 radical (unpaired) electrons. The molecule has 0 aliphatic rings. The van der Waals surface area contributed by atoms with Gasteiger partial charge < -0.3 is 0 Å². The lowest BCUT2D eigenvalue weighted by molar-refractivity contribution is -0.118. The van der Waals surface area contributed by atoms with Crippen LogP contribution in [-0.4, -0.2) is 10.8 Å². The van der Waals surface area contributed by atoms with Gasteiger partial charge in [-0.15, -0.1) is 0 Å². The number of nitrogens with zero attached hydrogens (tertiary/aromatic N) is 1. The Labute approximate surface area is 84.7 Å². The lowest BCUT2D eigenvalue weighted by Crippen LogP contribution is -2.14. The molecule has 1 unspecified atom stereocenters. The van der Waals surface area contributed by atoms with Crippen LogP contribution in [0, 0.1) is 5.92 Å². The summed E-state index contributed by atoms with van der Waals surface area (Å²) in [6.45, 7) is 7.30. The minimum atomic E-state index is -0.0256. The fraction of sp³-hybridized carbons (Fsp3) is 0.333. The summed E-state index contributed by atoms with van der Waals surface area (Å²) in [6.07, 6.45) is 2.43. The van der Waals surface area contributed by atoms with Gasteiger partial charge in [-0.2, -0.15) is 0 Å². The minimum absolute atomic E-state index is 0.0256. The fourth-order valence-corrected chi connectivity index (χ4v) is 1.35. The summed E-state index contributed by atoms with van der Waals surface area (Å²) in [5.74, 6) is 0.0954. The Morgan fingerprint density at radius 3 is 2.79 bits per heavy atom. The molecule has 0 saturated carbocycles. The van der Waals surface area contributed by atoms with E-state index >= 15 is 0 Å². The molecular weight excluding hydrogens is 174 g/mol. The maximum absolute atomic E-state index is 11.5. The molecule has 1 aromatic rings. The molecule has 0 saturated heterocycles. The first-order valence-corrected chi connectivity index (χ1v) is 4.71. The van der Waals surface area contributed by atoms with Gasteiger partial charge in [0.25, 0.3) is 0 Å². The van der Waals surface area contributed by atoms with E-state index in [0.717, 1.165) is 5.69 Å². The van der Waals surface area contributed by atoms with Gasteiger partial charge in [-0.3, -0.25) is 9.78 Å². The van der Waals surface area contributed by atoms with E-state index in [2.05, 4.69) is 11.6 Å². The number of hydrogen-bond acceptors (Lipinski definition) is 2. The second-order valence-electron chi connectivity index (χ2n) is 3.57. The Hall–Kier alpha value is -1.44. The lowest BCUT2D eigenvalue weighted by Gasteiger charge is -2.08. The highest BCUT2D eigenvalue weighted by Crippen LogP contribution is 2.10. The molecule has 14 heavy (non-hydrogen) atoms. The highest BCUT2D eigenvalue weighted by atomic mass is 16.1. The van der Waals surface area contributed by atoms with Crippen LogP contribution in [0.5, 0.6) is 0 Å². The highest BCUT2D eigenvalue weighted by molar-refractivity contribution is 5.95. The summed E-state index contributed by atoms with van der Waals surface area (Å²) in [5.41, 5.74) is 1.57. The summed E-state index contributed by atoms with van der Waals surface area (Å²) >= 11 is 0. The topological polar surface area (TPSA) is 30.0 Å². The number of ketones is 1. The monoisotopic (exact) mass is 189 g/mol. The smallest absolute Gasteiger partial charge is 0.161 e. The van der Waals surface area contributed by atoms with Gasteiger partial charge in [0, 0.05) is 17.8 Å². The third kappa shape index (κ3) is 2.80. The van der Waals surface area contributed by atoms with E-state index in [1.807, 2.05) is 25.1 Å². The normalized spacial score (nSPS) is 12.1. The maximum Gasteiger partial charge on any atom is 0.161 e. The van der Waals surface area contributed by atoms with Gasteiger partial charge in [0.05, 0.1) is 0 Å². The molecule has 0 aliphatic carbocycles. The fourth-order valence-electron chi connectivity index (χ4n) is 1.35. The average Bonchev–Trinajstić information content (AvgIpc) is 2.18. The number of hydrogen-bond donors (Lipinski definition) is 0. The van der Waals surface area contributed by atoms with Crippen LogP contribution in [0.3, 0.4) is 0 Å². The summed E-state index contributed by atoms with van der Waals surface area (Å²) < 4.78 is 0. The molecule has 74 valence electrons. The van der Waals surface area contributed by atoms with E-state index < -0.39 is 0 Å². The lowest BCUT2D eigenvalue weighted by atomic mass is 9.96. The molecule has 0 N–H and O–H groups in total. The Morgan fingerprint density at radius 1 is 1.57 bits per heavy atom. The van der Waals surface area contributed by atoms with E-state index in [1.54, 1.807) is 13.1 Å². The third-order valence-corrected chi connectivity index (χ3v) is 2.11. The Balaban J connectivity index is 2.62. The first-order valence-electron chi connectivity index (χ1n) is 4.71. The van der Waals surface area contributed by atoms with Crippen LogP contribution in [-0.2, 0) is 11.2 Å². The van der Waals surface area contributed by atoms with Crippen LogP contribution in [0.2, 0.25) is 0 Å². The maximum atomic E-state index is 11.5. The predicted octanol–water partition coefficient (Wildman–Crippen LogP) is 2.41. The average molecular weight is 189 g/mol. The Bertz CT molecular complexity index is 329. The van der Waals surface area contributed by atoms with Gasteiger partial charge in [-0.05, 0) is 31.1 Å². The van der Waals surface area contributed by atoms with Gasteiger partial charge in [0.2, 0.25) is 0 Å². The number of rotatable bonds is 4. The molecule has 2 nitrogen and oxygen atoms in total. The van der Waals surface area contributed by atoms with Crippen LogP contribution in [0.1, 0.15) is 19.5 Å². The standard InChI is InChI=1S/C12H15NO/c1-9(2)12(14)10(3)8-11-6-4-5-7-13-11/h4-7,10H,1,8H2,2-3H3. The summed E-state index contributed by atoms with van der Waals surface area (Å²) in [5, 5.41) is 0. The predicted molar refractivity (Wildman–Crippen MR) is 56.9 cm³/mol. The largest absolute Gasteiger partial charge is 0.294 e. The SMILES string of the molecule is C=C(C)C(=O)C(C)Cc1ccccn1. The molecule has 0 bridgehead atoms. The zero-order chi connectivity index (χ0) is 10.6. The van der Waals surface area contributed by atoms with Crippen LogP contribution < -0.4 is 0 Å². The molecular formula is C12H15NO. The van der Waals surface area contributed by atoms with Crippen molar-refractivity contribution in [2.45, 2.75) is 20.3 Å². The zero-order valence-electron chi connectivity index (χ0n) is 8.66. The van der Waals surface area contributed by atoms with Crippen molar-refractivity contribution in [3.63, 3.8) is 0 Å². The van der Waals surface area contributed by atoms with Crippen LogP contribution in [0.4, 0.5) is 0 Å². The van der Waals surface area contributed by atoms with Crippen molar-refractivity contribution >= 4 is 5.78 Å². The number of carbonyl (C=O) groups excluding carboxylic acids is 1. The molecule has 0 amide bonds. The Kier molecular flexibility index (Phi) is 3.57. The van der Waals surface area contributed by atoms with Crippen molar-refractivity contribution in [2.24, 2.45) is 5.92 Å². The van der Waals surface area contributed by atoms with Crippen molar-refractivity contribution in [1.29, 1.82) is 0 Å². The second-order valence-corrected chi connectivity index (χ2v) is 3.57. The van der Waals surface area contributed by atoms with Crippen molar-refractivity contribution in [1.82, 2.24) is 4.98 Å². The van der Waals surface area contributed by atoms with E-state index in [0.29, 0.717) is 12.0 Å². The number of aromatic nitrogens is 1. The summed E-state index contributed by atoms with van der Waals surface area (Å²) in [7, 11) is 0. The molecule has 1 heterocycles. The first-order chi connectivity index (χ1) is 6.61. The molecule has 1 aromatic heterocycles. The van der Waals surface area contributed by atoms with E-state index in [9.17, 15) is 4.79 Å². The van der Waals surface area contributed by atoms with Crippen LogP contribution in [0.15, 0.2) is 36.5 Å². The van der Waals surface area contributed by atoms with Gasteiger partial charge in [-0.1, -0.05) is 19.6 Å². The number of carbonyl (C=O) groups is 1. The van der Waals surface area contributed by atoms with Crippen LogP contribution in [0.25, 0.3) is 0 Å². The highest BCUT2D eigenvalue weighted by Gasteiger charge is 2.14. The van der Waals surface area contributed by atoms with Gasteiger partial charge >= 0.3 is 0 Å². The number of pyridine rings is 1. The van der Waals surface area contributed by atoms with E-state index in [-0.39, 0.29) is 11.7 Å². The van der Waals surface area contributed by atoms with E-state index in [1.165, 1.54) is 0 Å². The number of allylic oxidation sites excluding steroid dienone is 1. The number of Topliss-reactive ketones (excluding diaryl/α,β-unsaturated/α-hetero) is 1. The summed E-state index contributed by atoms with van der Waals surface area (Å²) in [4.78, 5) is 15.7. The third-order valence-electron chi connectivity index (χ3n) is 2.11. The molecule has 0 fully saturated rings. The first kappa shape index (κ1) is 10.6. The minimum Gasteiger partial charge on any atom is -0.294 e. The molecule has 0 spiro atoms. The molecule has 0 aromatic carbocycles. The zero-order valence-corrected chi connectivity index (χ0v) is 8.66. The van der Waals surface area contributed by atoms with E-state index in [4.69, 9.17) is 0 Å². The molecule has 1 atom stereocenters. The van der Waals surface area contributed by atoms with Gasteiger partial charge in [0.15, 0.2) is 5.78 Å². The van der Waals surface area contributed by atoms with Crippen molar-refractivity contribution in [3.8, 4) is 0 Å². The molecule has 2 heteroatoms. The second kappa shape index (κ2) is 4.70. The molecule has 0 aliphatic heterocycles. The van der Waals surface area contributed by atoms with Crippen molar-refractivity contribution in [3.05, 3.63) is 42.2 Å².